The normalized spacial score (nSPS) is 24.2. The minimum Gasteiger partial charge on any atom is -0.504 e. The molecule has 0 amide bonds. The van der Waals surface area contributed by atoms with Gasteiger partial charge in [-0.3, -0.25) is 4.79 Å². The highest BCUT2D eigenvalue weighted by atomic mass is 16.5. The van der Waals surface area contributed by atoms with Crippen LogP contribution in [-0.4, -0.2) is 13.4 Å². The largest absolute Gasteiger partial charge is 0.504 e. The number of hydrogen-bond acceptors (Lipinski definition) is 2. The summed E-state index contributed by atoms with van der Waals surface area (Å²) in [4.78, 5) is 10.8. The molecule has 1 saturated carbocycles. The Kier molecular flexibility index (Phi) is 8.61. The molecular weight excluding hydrogens is 236 g/mol. The molecule has 0 unspecified atom stereocenters. The van der Waals surface area contributed by atoms with Crippen LogP contribution in [0, 0.1) is 11.8 Å². The van der Waals surface area contributed by atoms with E-state index in [1.54, 1.807) is 13.4 Å². The van der Waals surface area contributed by atoms with E-state index < -0.39 is 0 Å². The van der Waals surface area contributed by atoms with Crippen LogP contribution < -0.4 is 0 Å². The number of rotatable bonds is 9. The Hall–Kier alpha value is -0.790. The van der Waals surface area contributed by atoms with Crippen molar-refractivity contribution in [3.8, 4) is 0 Å². The van der Waals surface area contributed by atoms with Crippen molar-refractivity contribution in [2.75, 3.05) is 7.11 Å². The molecule has 0 saturated heterocycles. The van der Waals surface area contributed by atoms with Crippen LogP contribution in [0.5, 0.6) is 0 Å². The second kappa shape index (κ2) is 10.1. The first-order valence-corrected chi connectivity index (χ1v) is 7.97. The zero-order valence-electron chi connectivity index (χ0n) is 12.7. The molecular formula is C17H30O2. The fourth-order valence-corrected chi connectivity index (χ4v) is 3.16. The maximum atomic E-state index is 10.8. The van der Waals surface area contributed by atoms with Crippen molar-refractivity contribution in [1.82, 2.24) is 0 Å². The Bertz CT molecular complexity index is 262. The maximum Gasteiger partial charge on any atom is 0.149 e. The summed E-state index contributed by atoms with van der Waals surface area (Å²) in [5.41, 5.74) is 0.799. The predicted molar refractivity (Wildman–Crippen MR) is 80.0 cm³/mol. The number of carbonyl (C=O) groups excluding carboxylic acids is 1. The number of hydrogen-bond donors (Lipinski definition) is 0. The van der Waals surface area contributed by atoms with Crippen molar-refractivity contribution in [2.45, 2.75) is 71.1 Å². The van der Waals surface area contributed by atoms with Crippen molar-refractivity contribution < 1.29 is 9.53 Å². The zero-order valence-corrected chi connectivity index (χ0v) is 12.7. The number of aldehydes is 1. The van der Waals surface area contributed by atoms with Gasteiger partial charge in [0, 0.05) is 5.57 Å². The SMILES string of the molecule is CCCCCC1CCC(CCC(C=O)=COC)CC1. The van der Waals surface area contributed by atoms with E-state index in [0.717, 1.165) is 36.5 Å². The second-order valence-corrected chi connectivity index (χ2v) is 5.97. The fourth-order valence-electron chi connectivity index (χ4n) is 3.16. The van der Waals surface area contributed by atoms with E-state index in [-0.39, 0.29) is 0 Å². The summed E-state index contributed by atoms with van der Waals surface area (Å²) >= 11 is 0. The van der Waals surface area contributed by atoms with Gasteiger partial charge in [-0.05, 0) is 24.7 Å². The summed E-state index contributed by atoms with van der Waals surface area (Å²) in [6, 6.07) is 0. The second-order valence-electron chi connectivity index (χ2n) is 5.97. The lowest BCUT2D eigenvalue weighted by molar-refractivity contribution is -0.105. The third kappa shape index (κ3) is 6.79. The maximum absolute atomic E-state index is 10.8. The highest BCUT2D eigenvalue weighted by Crippen LogP contribution is 2.34. The Morgan fingerprint density at radius 1 is 1.11 bits per heavy atom. The molecule has 19 heavy (non-hydrogen) atoms. The molecule has 0 heterocycles. The van der Waals surface area contributed by atoms with Gasteiger partial charge in [-0.15, -0.1) is 0 Å². The number of methoxy groups -OCH3 is 1. The van der Waals surface area contributed by atoms with Gasteiger partial charge in [0.15, 0.2) is 0 Å². The molecule has 1 aliphatic rings. The number of carbonyl (C=O) groups is 1. The van der Waals surface area contributed by atoms with E-state index >= 15 is 0 Å². The molecule has 1 fully saturated rings. The summed E-state index contributed by atoms with van der Waals surface area (Å²) in [7, 11) is 1.60. The Morgan fingerprint density at radius 3 is 2.26 bits per heavy atom. The monoisotopic (exact) mass is 266 g/mol. The third-order valence-corrected chi connectivity index (χ3v) is 4.44. The minimum atomic E-state index is 0.799. The van der Waals surface area contributed by atoms with Crippen molar-refractivity contribution >= 4 is 6.29 Å². The zero-order chi connectivity index (χ0) is 13.9. The molecule has 0 aliphatic heterocycles. The summed E-state index contributed by atoms with van der Waals surface area (Å²) in [5, 5.41) is 0. The van der Waals surface area contributed by atoms with Gasteiger partial charge in [0.1, 0.15) is 6.29 Å². The van der Waals surface area contributed by atoms with Gasteiger partial charge in [-0.25, -0.2) is 0 Å². The van der Waals surface area contributed by atoms with Crippen LogP contribution >= 0.6 is 0 Å². The highest BCUT2D eigenvalue weighted by Gasteiger charge is 2.20. The van der Waals surface area contributed by atoms with Gasteiger partial charge < -0.3 is 4.74 Å². The van der Waals surface area contributed by atoms with Crippen molar-refractivity contribution in [2.24, 2.45) is 11.8 Å². The summed E-state index contributed by atoms with van der Waals surface area (Å²) in [6.07, 6.45) is 15.6. The minimum absolute atomic E-state index is 0.799. The van der Waals surface area contributed by atoms with Crippen LogP contribution in [0.2, 0.25) is 0 Å². The summed E-state index contributed by atoms with van der Waals surface area (Å²) in [5.74, 6) is 1.80. The number of unbranched alkanes of at least 4 members (excludes halogenated alkanes) is 2. The average molecular weight is 266 g/mol. The molecule has 0 spiro atoms. The first kappa shape index (κ1) is 16.3. The van der Waals surface area contributed by atoms with Gasteiger partial charge in [-0.2, -0.15) is 0 Å². The first-order chi connectivity index (χ1) is 9.30. The van der Waals surface area contributed by atoms with Crippen LogP contribution in [0.4, 0.5) is 0 Å². The van der Waals surface area contributed by atoms with Crippen LogP contribution in [0.15, 0.2) is 11.8 Å². The molecule has 2 nitrogen and oxygen atoms in total. The van der Waals surface area contributed by atoms with Crippen LogP contribution in [0.1, 0.15) is 71.1 Å². The Balaban J connectivity index is 2.16. The Labute approximate surface area is 118 Å². The average Bonchev–Trinajstić information content (AvgIpc) is 2.45. The molecule has 1 rings (SSSR count). The van der Waals surface area contributed by atoms with Gasteiger partial charge >= 0.3 is 0 Å². The summed E-state index contributed by atoms with van der Waals surface area (Å²) < 4.78 is 4.91. The lowest BCUT2D eigenvalue weighted by Gasteiger charge is -2.28. The molecule has 1 aliphatic carbocycles. The molecule has 110 valence electrons. The topological polar surface area (TPSA) is 26.3 Å². The van der Waals surface area contributed by atoms with Gasteiger partial charge in [0.25, 0.3) is 0 Å². The standard InChI is InChI=1S/C17H30O2/c1-3-4-5-6-15-7-9-16(10-8-15)11-12-17(13-18)14-19-2/h13-16H,3-12H2,1-2H3. The van der Waals surface area contributed by atoms with Crippen molar-refractivity contribution in [3.05, 3.63) is 11.8 Å². The van der Waals surface area contributed by atoms with E-state index in [0.29, 0.717) is 0 Å². The number of ether oxygens (including phenoxy) is 1. The van der Waals surface area contributed by atoms with E-state index in [9.17, 15) is 4.79 Å². The van der Waals surface area contributed by atoms with E-state index in [1.165, 1.54) is 51.4 Å². The van der Waals surface area contributed by atoms with E-state index in [4.69, 9.17) is 4.74 Å². The van der Waals surface area contributed by atoms with Crippen molar-refractivity contribution in [1.29, 1.82) is 0 Å². The first-order valence-electron chi connectivity index (χ1n) is 7.97. The highest BCUT2D eigenvalue weighted by molar-refractivity contribution is 5.72. The molecule has 0 radical (unpaired) electrons. The number of allylic oxidation sites excluding steroid dienone is 1. The molecule has 0 aromatic carbocycles. The molecule has 2 heteroatoms. The predicted octanol–water partition coefficient (Wildman–Crippen LogP) is 4.88. The van der Waals surface area contributed by atoms with Crippen LogP contribution in [-0.2, 0) is 9.53 Å². The van der Waals surface area contributed by atoms with Gasteiger partial charge in [0.05, 0.1) is 13.4 Å². The van der Waals surface area contributed by atoms with Gasteiger partial charge in [0.2, 0.25) is 0 Å². The van der Waals surface area contributed by atoms with E-state index in [2.05, 4.69) is 6.92 Å². The van der Waals surface area contributed by atoms with Crippen LogP contribution in [0.3, 0.4) is 0 Å². The summed E-state index contributed by atoms with van der Waals surface area (Å²) in [6.45, 7) is 2.27. The third-order valence-electron chi connectivity index (χ3n) is 4.44. The van der Waals surface area contributed by atoms with Crippen LogP contribution in [0.25, 0.3) is 0 Å². The van der Waals surface area contributed by atoms with Crippen molar-refractivity contribution in [3.63, 3.8) is 0 Å². The molecule has 0 aromatic rings. The molecule has 0 atom stereocenters. The fraction of sp³-hybridized carbons (Fsp3) is 0.824. The molecule has 0 N–H and O–H groups in total. The van der Waals surface area contributed by atoms with Gasteiger partial charge in [-0.1, -0.05) is 58.3 Å². The quantitative estimate of drug-likeness (QED) is 0.257. The van der Waals surface area contributed by atoms with E-state index in [1.807, 2.05) is 0 Å². The lowest BCUT2D eigenvalue weighted by atomic mass is 9.78. The Morgan fingerprint density at radius 2 is 1.74 bits per heavy atom. The lowest BCUT2D eigenvalue weighted by Crippen LogP contribution is -2.14. The molecule has 0 aromatic heterocycles. The molecule has 0 bridgehead atoms. The smallest absolute Gasteiger partial charge is 0.149 e.